The lowest BCUT2D eigenvalue weighted by atomic mass is 10.1. The third kappa shape index (κ3) is 4.13. The molecule has 0 unspecified atom stereocenters. The Bertz CT molecular complexity index is 925. The van der Waals surface area contributed by atoms with Gasteiger partial charge >= 0.3 is 0 Å². The van der Waals surface area contributed by atoms with Crippen LogP contribution in [0.2, 0.25) is 0 Å². The maximum absolute atomic E-state index is 5.67. The van der Waals surface area contributed by atoms with Gasteiger partial charge in [-0.25, -0.2) is 4.98 Å². The van der Waals surface area contributed by atoms with E-state index in [1.807, 2.05) is 11.3 Å². The molecule has 2 aromatic carbocycles. The van der Waals surface area contributed by atoms with Crippen molar-refractivity contribution < 1.29 is 4.90 Å². The number of aromatic nitrogens is 1. The minimum atomic E-state index is 0.836. The van der Waals surface area contributed by atoms with Gasteiger partial charge in [-0.2, -0.15) is 0 Å². The number of hydrogen-bond donors (Lipinski definition) is 2. The molecule has 6 heteroatoms. The number of fused-ring (bicyclic) bond motifs is 1. The van der Waals surface area contributed by atoms with Crippen LogP contribution in [0.15, 0.2) is 42.5 Å². The number of hydrogen-bond acceptors (Lipinski definition) is 3. The zero-order valence-corrected chi connectivity index (χ0v) is 17.4. The fourth-order valence-electron chi connectivity index (χ4n) is 3.49. The number of rotatable bonds is 3. The Balaban J connectivity index is 1.33. The summed E-state index contributed by atoms with van der Waals surface area (Å²) in [4.78, 5) is 8.65. The molecule has 2 N–H and O–H groups in total. The number of piperazine rings is 1. The molecule has 27 heavy (non-hydrogen) atoms. The third-order valence-corrected chi connectivity index (χ3v) is 6.74. The molecule has 0 saturated carbocycles. The van der Waals surface area contributed by atoms with E-state index in [1.165, 1.54) is 20.8 Å². The lowest BCUT2D eigenvalue weighted by molar-refractivity contribution is -0.917. The molecule has 0 atom stereocenters. The smallest absolute Gasteiger partial charge is 0.173 e. The molecule has 1 saturated heterocycles. The van der Waals surface area contributed by atoms with Crippen molar-refractivity contribution >= 4 is 44.6 Å². The van der Waals surface area contributed by atoms with Gasteiger partial charge in [0, 0.05) is 5.69 Å². The van der Waals surface area contributed by atoms with Crippen LogP contribution in [0.5, 0.6) is 0 Å². The van der Waals surface area contributed by atoms with Gasteiger partial charge in [-0.05, 0) is 55.4 Å². The van der Waals surface area contributed by atoms with E-state index in [2.05, 4.69) is 66.5 Å². The molecule has 0 aliphatic carbocycles. The highest BCUT2D eigenvalue weighted by molar-refractivity contribution is 7.80. The Morgan fingerprint density at radius 1 is 1.15 bits per heavy atom. The number of anilines is 1. The molecule has 4 nitrogen and oxygen atoms in total. The van der Waals surface area contributed by atoms with Crippen LogP contribution in [0.1, 0.15) is 16.1 Å². The first-order valence-electron chi connectivity index (χ1n) is 9.40. The highest BCUT2D eigenvalue weighted by atomic mass is 32.1. The number of benzene rings is 2. The van der Waals surface area contributed by atoms with E-state index in [1.54, 1.807) is 4.90 Å². The van der Waals surface area contributed by atoms with Crippen LogP contribution in [-0.4, -0.2) is 41.2 Å². The first-order chi connectivity index (χ1) is 13.1. The Morgan fingerprint density at radius 3 is 2.70 bits per heavy atom. The Hall–Kier alpha value is -2.02. The molecule has 1 fully saturated rings. The lowest BCUT2D eigenvalue weighted by Crippen LogP contribution is -3.13. The van der Waals surface area contributed by atoms with Crippen LogP contribution < -0.4 is 10.2 Å². The SMILES string of the molecule is Cc1cccc(NC(=S)N2CC[NH+](Cc3nc4ccccc4s3)CC2)c1C. The number of para-hydroxylation sites is 1. The second-order valence-electron chi connectivity index (χ2n) is 7.17. The average molecular weight is 398 g/mol. The normalized spacial score (nSPS) is 15.3. The van der Waals surface area contributed by atoms with Gasteiger partial charge in [0.1, 0.15) is 11.6 Å². The van der Waals surface area contributed by atoms with E-state index in [4.69, 9.17) is 17.2 Å². The molecule has 1 aliphatic heterocycles. The Kier molecular flexibility index (Phi) is 5.38. The van der Waals surface area contributed by atoms with Crippen molar-refractivity contribution in [2.75, 3.05) is 31.5 Å². The summed E-state index contributed by atoms with van der Waals surface area (Å²) in [5, 5.41) is 5.51. The van der Waals surface area contributed by atoms with Gasteiger partial charge in [-0.3, -0.25) is 0 Å². The van der Waals surface area contributed by atoms with Gasteiger partial charge in [-0.15, -0.1) is 11.3 Å². The number of thiocarbonyl (C=S) groups is 1. The van der Waals surface area contributed by atoms with Gasteiger partial charge in [0.25, 0.3) is 0 Å². The van der Waals surface area contributed by atoms with Crippen LogP contribution in [0, 0.1) is 13.8 Å². The molecule has 1 aromatic heterocycles. The van der Waals surface area contributed by atoms with Crippen molar-refractivity contribution in [1.82, 2.24) is 9.88 Å². The topological polar surface area (TPSA) is 32.6 Å². The predicted octanol–water partition coefficient (Wildman–Crippen LogP) is 3.01. The molecule has 4 rings (SSSR count). The number of quaternary nitrogens is 1. The number of thiazole rings is 1. The maximum Gasteiger partial charge on any atom is 0.173 e. The van der Waals surface area contributed by atoms with Crippen LogP contribution in [0.25, 0.3) is 10.2 Å². The van der Waals surface area contributed by atoms with Crippen LogP contribution in [0.3, 0.4) is 0 Å². The first-order valence-corrected chi connectivity index (χ1v) is 10.6. The number of nitrogens with zero attached hydrogens (tertiary/aromatic N) is 2. The summed E-state index contributed by atoms with van der Waals surface area (Å²) in [6, 6.07) is 14.7. The van der Waals surface area contributed by atoms with Gasteiger partial charge in [0.15, 0.2) is 5.11 Å². The molecule has 0 amide bonds. The van der Waals surface area contributed by atoms with Crippen molar-refractivity contribution in [2.45, 2.75) is 20.4 Å². The Morgan fingerprint density at radius 2 is 1.93 bits per heavy atom. The molecule has 0 spiro atoms. The molecular weight excluding hydrogens is 372 g/mol. The summed E-state index contributed by atoms with van der Waals surface area (Å²) in [6.07, 6.45) is 0. The highest BCUT2D eigenvalue weighted by Gasteiger charge is 2.23. The summed E-state index contributed by atoms with van der Waals surface area (Å²) in [6.45, 7) is 9.42. The number of nitrogens with one attached hydrogen (secondary N) is 2. The quantitative estimate of drug-likeness (QED) is 0.666. The first kappa shape index (κ1) is 18.3. The third-order valence-electron chi connectivity index (χ3n) is 5.34. The molecule has 0 bridgehead atoms. The fraction of sp³-hybridized carbons (Fsp3) is 0.333. The summed E-state index contributed by atoms with van der Waals surface area (Å²) in [7, 11) is 0. The van der Waals surface area contributed by atoms with E-state index < -0.39 is 0 Å². The zero-order valence-electron chi connectivity index (χ0n) is 15.8. The molecule has 1 aliphatic rings. The predicted molar refractivity (Wildman–Crippen MR) is 118 cm³/mol. The lowest BCUT2D eigenvalue weighted by Gasteiger charge is -2.33. The van der Waals surface area contributed by atoms with Crippen LogP contribution in [-0.2, 0) is 6.54 Å². The number of aryl methyl sites for hydroxylation is 1. The van der Waals surface area contributed by atoms with E-state index in [0.29, 0.717) is 0 Å². The van der Waals surface area contributed by atoms with E-state index >= 15 is 0 Å². The van der Waals surface area contributed by atoms with Crippen molar-refractivity contribution in [3.8, 4) is 0 Å². The second-order valence-corrected chi connectivity index (χ2v) is 8.67. The van der Waals surface area contributed by atoms with Gasteiger partial charge in [-0.1, -0.05) is 24.3 Å². The van der Waals surface area contributed by atoms with E-state index in [9.17, 15) is 0 Å². The Labute approximate surface area is 169 Å². The molecule has 0 radical (unpaired) electrons. The van der Waals surface area contributed by atoms with Gasteiger partial charge in [0.05, 0.1) is 36.4 Å². The van der Waals surface area contributed by atoms with Crippen molar-refractivity contribution in [2.24, 2.45) is 0 Å². The van der Waals surface area contributed by atoms with Crippen molar-refractivity contribution in [1.29, 1.82) is 0 Å². The second kappa shape index (κ2) is 7.92. The maximum atomic E-state index is 5.67. The monoisotopic (exact) mass is 397 g/mol. The highest BCUT2D eigenvalue weighted by Crippen LogP contribution is 2.21. The molecule has 2 heterocycles. The van der Waals surface area contributed by atoms with Crippen molar-refractivity contribution in [3.05, 3.63) is 58.6 Å². The van der Waals surface area contributed by atoms with E-state index in [0.717, 1.165) is 49.0 Å². The zero-order chi connectivity index (χ0) is 18.8. The minimum Gasteiger partial charge on any atom is -0.338 e. The molecular formula is C21H25N4S2+. The van der Waals surface area contributed by atoms with E-state index in [-0.39, 0.29) is 0 Å². The molecule has 140 valence electrons. The average Bonchev–Trinajstić information content (AvgIpc) is 3.08. The van der Waals surface area contributed by atoms with Crippen LogP contribution >= 0.6 is 23.6 Å². The summed E-state index contributed by atoms with van der Waals surface area (Å²) >= 11 is 7.49. The van der Waals surface area contributed by atoms with Gasteiger partial charge < -0.3 is 15.1 Å². The minimum absolute atomic E-state index is 0.836. The largest absolute Gasteiger partial charge is 0.338 e. The van der Waals surface area contributed by atoms with Crippen molar-refractivity contribution in [3.63, 3.8) is 0 Å². The molecule has 3 aromatic rings. The summed E-state index contributed by atoms with van der Waals surface area (Å²) < 4.78 is 1.28. The summed E-state index contributed by atoms with van der Waals surface area (Å²) in [5.41, 5.74) is 4.78. The van der Waals surface area contributed by atoms with Crippen LogP contribution in [0.4, 0.5) is 5.69 Å². The standard InChI is InChI=1S/C21H24N4S2/c1-15-6-5-8-17(16(15)2)23-21(26)25-12-10-24(11-13-25)14-20-22-18-7-3-4-9-19(18)27-20/h3-9H,10-14H2,1-2H3,(H,23,26)/p+1. The summed E-state index contributed by atoms with van der Waals surface area (Å²) in [5.74, 6) is 0. The fourth-order valence-corrected chi connectivity index (χ4v) is 4.82. The van der Waals surface area contributed by atoms with Gasteiger partial charge in [0.2, 0.25) is 0 Å².